The van der Waals surface area contributed by atoms with Crippen molar-refractivity contribution in [2.24, 2.45) is 0 Å². The molecule has 1 fully saturated rings. The fourth-order valence-corrected chi connectivity index (χ4v) is 2.97. The Bertz CT molecular complexity index is 706. The Kier molecular flexibility index (Phi) is 5.56. The lowest BCUT2D eigenvalue weighted by atomic mass is 10.2. The smallest absolute Gasteiger partial charge is 0.243 e. The number of para-hydroxylation sites is 1. The van der Waals surface area contributed by atoms with Crippen molar-refractivity contribution < 1.29 is 4.79 Å². The van der Waals surface area contributed by atoms with Gasteiger partial charge in [-0.2, -0.15) is 0 Å². The van der Waals surface area contributed by atoms with Gasteiger partial charge in [0.25, 0.3) is 0 Å². The largest absolute Gasteiger partial charge is 0.376 e. The van der Waals surface area contributed by atoms with E-state index in [1.807, 2.05) is 43.3 Å². The number of hydrogen-bond donors (Lipinski definition) is 2. The van der Waals surface area contributed by atoms with Crippen LogP contribution in [-0.2, 0) is 4.79 Å². The molecule has 5 heteroatoms. The summed E-state index contributed by atoms with van der Waals surface area (Å²) in [6, 6.07) is 16.1. The zero-order chi connectivity index (χ0) is 17.6. The van der Waals surface area contributed by atoms with E-state index in [2.05, 4.69) is 39.6 Å². The number of anilines is 3. The number of rotatable bonds is 5. The van der Waals surface area contributed by atoms with E-state index in [9.17, 15) is 4.79 Å². The second-order valence-corrected chi connectivity index (χ2v) is 6.55. The highest BCUT2D eigenvalue weighted by Crippen LogP contribution is 2.19. The van der Waals surface area contributed by atoms with Gasteiger partial charge in [0.05, 0.1) is 6.54 Å². The summed E-state index contributed by atoms with van der Waals surface area (Å²) < 4.78 is 0. The second kappa shape index (κ2) is 8.03. The van der Waals surface area contributed by atoms with E-state index in [0.29, 0.717) is 0 Å². The zero-order valence-electron chi connectivity index (χ0n) is 15.0. The van der Waals surface area contributed by atoms with Gasteiger partial charge in [0.1, 0.15) is 0 Å². The number of likely N-dealkylation sites (N-methyl/N-ethyl adjacent to an activating group) is 1. The molecule has 1 amide bonds. The summed E-state index contributed by atoms with van der Waals surface area (Å²) in [5.74, 6) is -0.0457. The maximum absolute atomic E-state index is 12.1. The fourth-order valence-electron chi connectivity index (χ4n) is 2.97. The van der Waals surface area contributed by atoms with Crippen LogP contribution in [-0.4, -0.2) is 50.6 Å². The minimum atomic E-state index is -0.0457. The van der Waals surface area contributed by atoms with Crippen LogP contribution in [0.15, 0.2) is 48.5 Å². The first kappa shape index (κ1) is 17.3. The summed E-state index contributed by atoms with van der Waals surface area (Å²) in [7, 11) is 2.15. The van der Waals surface area contributed by atoms with Crippen molar-refractivity contribution in [2.45, 2.75) is 6.92 Å². The standard InChI is InChI=1S/C20H26N4O/c1-16-5-3-4-6-19(16)21-15-20(25)22-17-7-9-18(10-8-17)24-13-11-23(2)12-14-24/h3-10,21H,11-15H2,1-2H3,(H,22,25). The molecule has 0 radical (unpaired) electrons. The van der Waals surface area contributed by atoms with E-state index in [1.165, 1.54) is 5.69 Å². The van der Waals surface area contributed by atoms with Gasteiger partial charge in [0.15, 0.2) is 0 Å². The first-order valence-electron chi connectivity index (χ1n) is 8.75. The molecule has 132 valence electrons. The molecule has 0 spiro atoms. The van der Waals surface area contributed by atoms with E-state index in [0.717, 1.165) is 43.1 Å². The summed E-state index contributed by atoms with van der Waals surface area (Å²) in [6.07, 6.45) is 0. The van der Waals surface area contributed by atoms with Crippen LogP contribution in [0, 0.1) is 6.92 Å². The summed E-state index contributed by atoms with van der Waals surface area (Å²) in [5.41, 5.74) is 4.16. The molecule has 2 aromatic carbocycles. The predicted octanol–water partition coefficient (Wildman–Crippen LogP) is 2.80. The average Bonchev–Trinajstić information content (AvgIpc) is 2.62. The SMILES string of the molecule is Cc1ccccc1NCC(=O)Nc1ccc(N2CCN(C)CC2)cc1. The summed E-state index contributed by atoms with van der Waals surface area (Å²) in [4.78, 5) is 16.9. The van der Waals surface area contributed by atoms with Crippen LogP contribution >= 0.6 is 0 Å². The molecule has 25 heavy (non-hydrogen) atoms. The van der Waals surface area contributed by atoms with E-state index >= 15 is 0 Å². The van der Waals surface area contributed by atoms with E-state index in [-0.39, 0.29) is 12.5 Å². The number of carbonyl (C=O) groups is 1. The Morgan fingerprint density at radius 1 is 1.00 bits per heavy atom. The van der Waals surface area contributed by atoms with Gasteiger partial charge in [-0.05, 0) is 49.9 Å². The van der Waals surface area contributed by atoms with Gasteiger partial charge in [0.2, 0.25) is 5.91 Å². The number of carbonyl (C=O) groups excluding carboxylic acids is 1. The zero-order valence-corrected chi connectivity index (χ0v) is 15.0. The molecule has 2 aromatic rings. The third-order valence-corrected chi connectivity index (χ3v) is 4.60. The minimum Gasteiger partial charge on any atom is -0.376 e. The van der Waals surface area contributed by atoms with Gasteiger partial charge in [-0.3, -0.25) is 4.79 Å². The van der Waals surface area contributed by atoms with Crippen molar-refractivity contribution in [3.8, 4) is 0 Å². The van der Waals surface area contributed by atoms with Crippen molar-refractivity contribution in [3.05, 3.63) is 54.1 Å². The lowest BCUT2D eigenvalue weighted by molar-refractivity contribution is -0.114. The molecule has 3 rings (SSSR count). The van der Waals surface area contributed by atoms with Crippen LogP contribution in [0.25, 0.3) is 0 Å². The Morgan fingerprint density at radius 3 is 2.36 bits per heavy atom. The van der Waals surface area contributed by atoms with E-state index in [4.69, 9.17) is 0 Å². The molecule has 1 heterocycles. The Balaban J connectivity index is 1.51. The molecule has 1 aliphatic heterocycles. The fraction of sp³-hybridized carbons (Fsp3) is 0.350. The maximum atomic E-state index is 12.1. The van der Waals surface area contributed by atoms with Gasteiger partial charge in [-0.25, -0.2) is 0 Å². The number of hydrogen-bond acceptors (Lipinski definition) is 4. The van der Waals surface area contributed by atoms with Crippen LogP contribution in [0.3, 0.4) is 0 Å². The maximum Gasteiger partial charge on any atom is 0.243 e. The normalized spacial score (nSPS) is 15.0. The quantitative estimate of drug-likeness (QED) is 0.880. The van der Waals surface area contributed by atoms with Crippen molar-refractivity contribution in [3.63, 3.8) is 0 Å². The summed E-state index contributed by atoms with van der Waals surface area (Å²) in [5, 5.41) is 6.12. The molecule has 0 saturated carbocycles. The monoisotopic (exact) mass is 338 g/mol. The predicted molar refractivity (Wildman–Crippen MR) is 104 cm³/mol. The highest BCUT2D eigenvalue weighted by atomic mass is 16.1. The Morgan fingerprint density at radius 2 is 1.68 bits per heavy atom. The number of aryl methyl sites for hydroxylation is 1. The van der Waals surface area contributed by atoms with Crippen LogP contribution in [0.4, 0.5) is 17.1 Å². The summed E-state index contributed by atoms with van der Waals surface area (Å²) in [6.45, 7) is 6.54. The number of amides is 1. The van der Waals surface area contributed by atoms with Crippen LogP contribution < -0.4 is 15.5 Å². The number of benzene rings is 2. The van der Waals surface area contributed by atoms with Crippen LogP contribution in [0.1, 0.15) is 5.56 Å². The van der Waals surface area contributed by atoms with Gasteiger partial charge in [-0.1, -0.05) is 18.2 Å². The third-order valence-electron chi connectivity index (χ3n) is 4.60. The molecule has 2 N–H and O–H groups in total. The lowest BCUT2D eigenvalue weighted by Gasteiger charge is -2.34. The first-order valence-corrected chi connectivity index (χ1v) is 8.75. The minimum absolute atomic E-state index is 0.0457. The molecular formula is C20H26N4O. The highest BCUT2D eigenvalue weighted by molar-refractivity contribution is 5.94. The topological polar surface area (TPSA) is 47.6 Å². The molecule has 0 unspecified atom stereocenters. The number of piperazine rings is 1. The van der Waals surface area contributed by atoms with Crippen molar-refractivity contribution in [1.29, 1.82) is 0 Å². The van der Waals surface area contributed by atoms with Crippen LogP contribution in [0.2, 0.25) is 0 Å². The second-order valence-electron chi connectivity index (χ2n) is 6.55. The molecule has 0 atom stereocenters. The van der Waals surface area contributed by atoms with Gasteiger partial charge in [-0.15, -0.1) is 0 Å². The Labute approximate surface area is 149 Å². The number of nitrogens with zero attached hydrogens (tertiary/aromatic N) is 2. The van der Waals surface area contributed by atoms with Gasteiger partial charge < -0.3 is 20.4 Å². The molecule has 0 aromatic heterocycles. The molecular weight excluding hydrogens is 312 g/mol. The highest BCUT2D eigenvalue weighted by Gasteiger charge is 2.14. The first-order chi connectivity index (χ1) is 12.1. The van der Waals surface area contributed by atoms with Crippen molar-refractivity contribution in [1.82, 2.24) is 4.90 Å². The molecule has 0 aliphatic carbocycles. The lowest BCUT2D eigenvalue weighted by Crippen LogP contribution is -2.44. The number of nitrogens with one attached hydrogen (secondary N) is 2. The molecule has 5 nitrogen and oxygen atoms in total. The Hall–Kier alpha value is -2.53. The average molecular weight is 338 g/mol. The molecule has 1 aliphatic rings. The van der Waals surface area contributed by atoms with Crippen molar-refractivity contribution in [2.75, 3.05) is 55.3 Å². The van der Waals surface area contributed by atoms with Crippen LogP contribution in [0.5, 0.6) is 0 Å². The van der Waals surface area contributed by atoms with Crippen molar-refractivity contribution >= 4 is 23.0 Å². The summed E-state index contributed by atoms with van der Waals surface area (Å²) >= 11 is 0. The van der Waals surface area contributed by atoms with Gasteiger partial charge in [0, 0.05) is 43.2 Å². The van der Waals surface area contributed by atoms with E-state index in [1.54, 1.807) is 0 Å². The molecule has 0 bridgehead atoms. The van der Waals surface area contributed by atoms with Gasteiger partial charge >= 0.3 is 0 Å². The van der Waals surface area contributed by atoms with E-state index < -0.39 is 0 Å². The molecule has 1 saturated heterocycles. The third kappa shape index (κ3) is 4.73.